The molecule has 0 aliphatic carbocycles. The summed E-state index contributed by atoms with van der Waals surface area (Å²) in [6.45, 7) is 4.48. The Kier molecular flexibility index (Phi) is 4.37. The molecule has 4 rings (SSSR count). The van der Waals surface area contributed by atoms with Gasteiger partial charge >= 0.3 is 5.97 Å². The topological polar surface area (TPSA) is 39.2 Å². The predicted molar refractivity (Wildman–Crippen MR) is 105 cm³/mol. The number of thiazole rings is 1. The minimum Gasteiger partial charge on any atom is -0.458 e. The second kappa shape index (κ2) is 6.29. The van der Waals surface area contributed by atoms with Crippen molar-refractivity contribution < 1.29 is 9.53 Å². The van der Waals surface area contributed by atoms with Crippen molar-refractivity contribution in [2.45, 2.75) is 49.4 Å². The summed E-state index contributed by atoms with van der Waals surface area (Å²) < 4.78 is 6.04. The van der Waals surface area contributed by atoms with Gasteiger partial charge in [0.05, 0.1) is 17.2 Å². The van der Waals surface area contributed by atoms with Crippen molar-refractivity contribution in [3.8, 4) is 10.4 Å². The van der Waals surface area contributed by atoms with E-state index >= 15 is 0 Å². The minimum absolute atomic E-state index is 0.0613. The first kappa shape index (κ1) is 17.4. The summed E-state index contributed by atoms with van der Waals surface area (Å²) in [7, 11) is 0. The number of esters is 1. The normalized spacial score (nSPS) is 28.3. The van der Waals surface area contributed by atoms with Crippen LogP contribution in [0.25, 0.3) is 10.4 Å². The molecule has 2 saturated heterocycles. The van der Waals surface area contributed by atoms with Crippen molar-refractivity contribution in [2.75, 3.05) is 5.75 Å². The number of nitrogens with zero attached hydrogens (tertiary/aromatic N) is 1. The molecule has 2 fully saturated rings. The largest absolute Gasteiger partial charge is 0.458 e. The van der Waals surface area contributed by atoms with Crippen LogP contribution in [-0.2, 0) is 9.53 Å². The van der Waals surface area contributed by atoms with Crippen molar-refractivity contribution in [2.24, 2.45) is 0 Å². The van der Waals surface area contributed by atoms with Crippen LogP contribution in [0.4, 0.5) is 0 Å². The van der Waals surface area contributed by atoms with Crippen LogP contribution in [0.15, 0.2) is 30.5 Å². The number of halogens is 1. The SMILES string of the molecule is CC1(C)C[C@@]2(CCS1)OC(=O)C[C@H]2c1ncc(-c2ccc(Cl)cc2)s1. The van der Waals surface area contributed by atoms with E-state index in [-0.39, 0.29) is 22.2 Å². The van der Waals surface area contributed by atoms with E-state index in [4.69, 9.17) is 16.3 Å². The predicted octanol–water partition coefficient (Wildman–Crippen LogP) is 5.54. The maximum absolute atomic E-state index is 12.2. The fourth-order valence-corrected chi connectivity index (χ4v) is 6.55. The summed E-state index contributed by atoms with van der Waals surface area (Å²) in [6.07, 6.45) is 4.14. The third-order valence-corrected chi connectivity index (χ3v) is 7.76. The molecule has 1 aromatic heterocycles. The quantitative estimate of drug-likeness (QED) is 0.628. The number of carbonyl (C=O) groups excluding carboxylic acids is 1. The lowest BCUT2D eigenvalue weighted by atomic mass is 9.78. The van der Waals surface area contributed by atoms with E-state index in [0.29, 0.717) is 6.42 Å². The monoisotopic (exact) mass is 393 g/mol. The van der Waals surface area contributed by atoms with Gasteiger partial charge in [-0.3, -0.25) is 4.79 Å². The molecule has 2 aromatic rings. The van der Waals surface area contributed by atoms with Crippen LogP contribution in [0.1, 0.15) is 44.0 Å². The van der Waals surface area contributed by atoms with Gasteiger partial charge in [0.2, 0.25) is 0 Å². The molecular formula is C19H20ClNO2S2. The first-order valence-corrected chi connectivity index (χ1v) is 10.6. The molecule has 2 aliphatic rings. The molecule has 0 bridgehead atoms. The zero-order chi connectivity index (χ0) is 17.7. The molecule has 0 amide bonds. The minimum atomic E-state index is -0.388. The summed E-state index contributed by atoms with van der Waals surface area (Å²) in [5, 5.41) is 1.74. The van der Waals surface area contributed by atoms with Gasteiger partial charge < -0.3 is 4.74 Å². The molecule has 6 heteroatoms. The molecule has 2 aliphatic heterocycles. The van der Waals surface area contributed by atoms with Crippen molar-refractivity contribution in [3.63, 3.8) is 0 Å². The molecule has 132 valence electrons. The lowest BCUT2D eigenvalue weighted by molar-refractivity contribution is -0.150. The molecule has 0 radical (unpaired) electrons. The summed E-state index contributed by atoms with van der Waals surface area (Å²) in [6, 6.07) is 7.79. The second-order valence-electron chi connectivity index (χ2n) is 7.40. The van der Waals surface area contributed by atoms with Crippen LogP contribution in [0.2, 0.25) is 5.02 Å². The number of thioether (sulfide) groups is 1. The average Bonchev–Trinajstić information content (AvgIpc) is 3.12. The molecule has 0 saturated carbocycles. The van der Waals surface area contributed by atoms with Gasteiger partial charge in [0.25, 0.3) is 0 Å². The van der Waals surface area contributed by atoms with Gasteiger partial charge in [0.15, 0.2) is 0 Å². The van der Waals surface area contributed by atoms with E-state index in [1.54, 1.807) is 11.3 Å². The fourth-order valence-electron chi connectivity index (χ4n) is 3.95. The van der Waals surface area contributed by atoms with E-state index in [1.807, 2.05) is 42.2 Å². The number of hydrogen-bond donors (Lipinski definition) is 0. The van der Waals surface area contributed by atoms with Gasteiger partial charge in [-0.05, 0) is 29.9 Å². The van der Waals surface area contributed by atoms with Crippen molar-refractivity contribution in [3.05, 3.63) is 40.5 Å². The molecule has 0 unspecified atom stereocenters. The maximum atomic E-state index is 12.2. The van der Waals surface area contributed by atoms with Gasteiger partial charge in [-0.25, -0.2) is 4.98 Å². The van der Waals surface area contributed by atoms with E-state index in [0.717, 1.165) is 39.1 Å². The lowest BCUT2D eigenvalue weighted by Gasteiger charge is -2.43. The Bertz CT molecular complexity index is 802. The van der Waals surface area contributed by atoms with Crippen LogP contribution >= 0.6 is 34.7 Å². The van der Waals surface area contributed by atoms with Gasteiger partial charge in [0.1, 0.15) is 10.6 Å². The van der Waals surface area contributed by atoms with Gasteiger partial charge in [-0.2, -0.15) is 11.8 Å². The Morgan fingerprint density at radius 3 is 2.76 bits per heavy atom. The highest BCUT2D eigenvalue weighted by atomic mass is 35.5. The number of hydrogen-bond acceptors (Lipinski definition) is 5. The van der Waals surface area contributed by atoms with E-state index in [2.05, 4.69) is 18.8 Å². The molecule has 0 N–H and O–H groups in total. The van der Waals surface area contributed by atoms with Crippen molar-refractivity contribution in [1.29, 1.82) is 0 Å². The van der Waals surface area contributed by atoms with E-state index in [1.165, 1.54) is 0 Å². The molecule has 3 heterocycles. The number of ether oxygens (including phenoxy) is 1. The lowest BCUT2D eigenvalue weighted by Crippen LogP contribution is -2.44. The van der Waals surface area contributed by atoms with E-state index < -0.39 is 0 Å². The number of rotatable bonds is 2. The molecular weight excluding hydrogens is 374 g/mol. The van der Waals surface area contributed by atoms with Crippen LogP contribution in [0.3, 0.4) is 0 Å². The van der Waals surface area contributed by atoms with Crippen LogP contribution < -0.4 is 0 Å². The Balaban J connectivity index is 1.66. The smallest absolute Gasteiger partial charge is 0.307 e. The average molecular weight is 394 g/mol. The third kappa shape index (κ3) is 3.34. The summed E-state index contributed by atoms with van der Waals surface area (Å²) in [4.78, 5) is 17.9. The highest BCUT2D eigenvalue weighted by Gasteiger charge is 2.55. The fraction of sp³-hybridized carbons (Fsp3) is 0.474. The van der Waals surface area contributed by atoms with Crippen LogP contribution in [-0.4, -0.2) is 27.1 Å². The van der Waals surface area contributed by atoms with Crippen LogP contribution in [0, 0.1) is 0 Å². The Hall–Kier alpha value is -1.04. The second-order valence-corrected chi connectivity index (χ2v) is 10.7. The Morgan fingerprint density at radius 2 is 2.04 bits per heavy atom. The van der Waals surface area contributed by atoms with Crippen molar-refractivity contribution >= 4 is 40.7 Å². The highest BCUT2D eigenvalue weighted by Crippen LogP contribution is 2.54. The molecule has 2 atom stereocenters. The summed E-state index contributed by atoms with van der Waals surface area (Å²) in [5.41, 5.74) is 0.716. The molecule has 1 spiro atoms. The standard InChI is InChI=1S/C19H20ClNO2S2/c1-18(2)11-19(7-8-24-18)14(9-16(22)23-19)17-21-10-15(25-17)12-3-5-13(20)6-4-12/h3-6,10,14H,7-9,11H2,1-2H3/t14-,19+/m0/s1. The number of benzene rings is 1. The molecule has 25 heavy (non-hydrogen) atoms. The van der Waals surface area contributed by atoms with Gasteiger partial charge in [-0.1, -0.05) is 37.6 Å². The summed E-state index contributed by atoms with van der Waals surface area (Å²) in [5.74, 6) is 0.994. The first-order chi connectivity index (χ1) is 11.9. The highest BCUT2D eigenvalue weighted by molar-refractivity contribution is 8.00. The number of aromatic nitrogens is 1. The number of carbonyl (C=O) groups is 1. The van der Waals surface area contributed by atoms with Crippen molar-refractivity contribution in [1.82, 2.24) is 4.98 Å². The van der Waals surface area contributed by atoms with Gasteiger partial charge in [0, 0.05) is 22.4 Å². The van der Waals surface area contributed by atoms with Crippen LogP contribution in [0.5, 0.6) is 0 Å². The Labute approximate surface area is 161 Å². The first-order valence-electron chi connectivity index (χ1n) is 8.44. The molecule has 3 nitrogen and oxygen atoms in total. The Morgan fingerprint density at radius 1 is 1.28 bits per heavy atom. The summed E-state index contributed by atoms with van der Waals surface area (Å²) >= 11 is 9.61. The van der Waals surface area contributed by atoms with Gasteiger partial charge in [-0.15, -0.1) is 11.3 Å². The van der Waals surface area contributed by atoms with E-state index in [9.17, 15) is 4.79 Å². The molecule has 1 aromatic carbocycles. The third-order valence-electron chi connectivity index (χ3n) is 5.02. The zero-order valence-electron chi connectivity index (χ0n) is 14.3. The zero-order valence-corrected chi connectivity index (χ0v) is 16.6. The maximum Gasteiger partial charge on any atom is 0.307 e.